The Kier molecular flexibility index (Phi) is 4.47. The van der Waals surface area contributed by atoms with E-state index in [1.807, 2.05) is 32.0 Å². The number of aromatic nitrogens is 3. The Morgan fingerprint density at radius 2 is 1.92 bits per heavy atom. The van der Waals surface area contributed by atoms with Crippen LogP contribution in [0.5, 0.6) is 0 Å². The number of carbonyl (C=O) groups is 1. The minimum atomic E-state index is -0.403. The Hall–Kier alpha value is -3.22. The molecule has 0 aliphatic rings. The lowest BCUT2D eigenvalue weighted by molar-refractivity contribution is -0.117. The van der Waals surface area contributed by atoms with E-state index < -0.39 is 5.91 Å². The van der Waals surface area contributed by atoms with Gasteiger partial charge in [0.1, 0.15) is 12.3 Å². The third-order valence-electron chi connectivity index (χ3n) is 3.86. The number of amides is 1. The van der Waals surface area contributed by atoms with E-state index in [4.69, 9.17) is 4.52 Å². The van der Waals surface area contributed by atoms with Gasteiger partial charge in [-0.25, -0.2) is 4.68 Å². The molecule has 0 spiro atoms. The highest BCUT2D eigenvalue weighted by Crippen LogP contribution is 2.19. The molecule has 3 rings (SSSR count). The molecule has 7 nitrogen and oxygen atoms in total. The molecule has 0 aliphatic heterocycles. The van der Waals surface area contributed by atoms with Gasteiger partial charge in [0.15, 0.2) is 5.82 Å². The van der Waals surface area contributed by atoms with Crippen molar-refractivity contribution in [3.63, 3.8) is 0 Å². The number of rotatable bonds is 4. The topological polar surface area (TPSA) is 90.0 Å². The predicted molar refractivity (Wildman–Crippen MR) is 93.3 cm³/mol. The van der Waals surface area contributed by atoms with Crippen LogP contribution in [0.25, 0.3) is 11.3 Å². The van der Waals surface area contributed by atoms with E-state index in [9.17, 15) is 9.59 Å². The molecule has 1 amide bonds. The molecule has 2 aromatic heterocycles. The van der Waals surface area contributed by atoms with Crippen LogP contribution in [0, 0.1) is 20.8 Å². The van der Waals surface area contributed by atoms with Gasteiger partial charge in [-0.05, 0) is 44.0 Å². The summed E-state index contributed by atoms with van der Waals surface area (Å²) in [6.07, 6.45) is 0. The van der Waals surface area contributed by atoms with Crippen molar-refractivity contribution in [2.45, 2.75) is 27.3 Å². The van der Waals surface area contributed by atoms with E-state index in [2.05, 4.69) is 15.6 Å². The number of anilines is 1. The molecule has 0 atom stereocenters. The fraction of sp³-hybridized carbons (Fsp3) is 0.222. The molecule has 0 aliphatic carbocycles. The largest absolute Gasteiger partial charge is 0.360 e. The molecule has 0 fully saturated rings. The van der Waals surface area contributed by atoms with E-state index in [1.165, 1.54) is 11.6 Å². The van der Waals surface area contributed by atoms with Crippen molar-refractivity contribution in [3.05, 3.63) is 63.6 Å². The number of benzene rings is 1. The van der Waals surface area contributed by atoms with Gasteiger partial charge in [0, 0.05) is 17.7 Å². The zero-order valence-electron chi connectivity index (χ0n) is 14.2. The van der Waals surface area contributed by atoms with Gasteiger partial charge in [-0.15, -0.1) is 0 Å². The van der Waals surface area contributed by atoms with Gasteiger partial charge in [-0.2, -0.15) is 5.10 Å². The lowest BCUT2D eigenvalue weighted by Crippen LogP contribution is -2.29. The first-order valence-electron chi connectivity index (χ1n) is 7.81. The van der Waals surface area contributed by atoms with Gasteiger partial charge in [0.2, 0.25) is 5.91 Å². The minimum Gasteiger partial charge on any atom is -0.360 e. The second-order valence-corrected chi connectivity index (χ2v) is 5.88. The maximum atomic E-state index is 12.1. The summed E-state index contributed by atoms with van der Waals surface area (Å²) in [5.74, 6) is 0.489. The van der Waals surface area contributed by atoms with Crippen LogP contribution in [-0.4, -0.2) is 20.8 Å². The lowest BCUT2D eigenvalue weighted by atomic mass is 10.0. The summed E-state index contributed by atoms with van der Waals surface area (Å²) < 4.78 is 6.02. The first-order chi connectivity index (χ1) is 11.9. The van der Waals surface area contributed by atoms with Crippen LogP contribution in [0.2, 0.25) is 0 Å². The summed E-state index contributed by atoms with van der Waals surface area (Å²) in [7, 11) is 0. The maximum Gasteiger partial charge on any atom is 0.267 e. The Morgan fingerprint density at radius 3 is 2.60 bits per heavy atom. The smallest absolute Gasteiger partial charge is 0.267 e. The van der Waals surface area contributed by atoms with E-state index in [0.717, 1.165) is 15.8 Å². The van der Waals surface area contributed by atoms with Crippen LogP contribution >= 0.6 is 0 Å². The van der Waals surface area contributed by atoms with Crippen LogP contribution in [0.15, 0.2) is 45.7 Å². The van der Waals surface area contributed by atoms with Crippen molar-refractivity contribution in [2.75, 3.05) is 5.32 Å². The fourth-order valence-electron chi connectivity index (χ4n) is 2.36. The number of aryl methyl sites for hydroxylation is 3. The first-order valence-corrected chi connectivity index (χ1v) is 7.81. The Morgan fingerprint density at radius 1 is 1.12 bits per heavy atom. The zero-order chi connectivity index (χ0) is 18.0. The molecule has 0 saturated carbocycles. The molecule has 128 valence electrons. The summed E-state index contributed by atoms with van der Waals surface area (Å²) in [4.78, 5) is 24.1. The molecular weight excluding hydrogens is 320 g/mol. The highest BCUT2D eigenvalue weighted by atomic mass is 16.5. The van der Waals surface area contributed by atoms with Crippen molar-refractivity contribution < 1.29 is 9.32 Å². The third kappa shape index (κ3) is 3.82. The van der Waals surface area contributed by atoms with E-state index in [1.54, 1.807) is 19.1 Å². The standard InChI is InChI=1S/C18H18N4O3/c1-11-4-5-14(8-12(11)2)15-6-7-18(24)22(20-15)10-17(23)19-16-9-13(3)25-21-16/h4-9H,10H2,1-3H3,(H,19,21,23). The maximum absolute atomic E-state index is 12.1. The summed E-state index contributed by atoms with van der Waals surface area (Å²) in [5.41, 5.74) is 3.49. The number of hydrogen-bond donors (Lipinski definition) is 1. The van der Waals surface area contributed by atoms with Crippen molar-refractivity contribution in [1.29, 1.82) is 0 Å². The van der Waals surface area contributed by atoms with Gasteiger partial charge in [0.05, 0.1) is 5.69 Å². The van der Waals surface area contributed by atoms with Gasteiger partial charge in [-0.1, -0.05) is 17.3 Å². The predicted octanol–water partition coefficient (Wildman–Crippen LogP) is 2.46. The lowest BCUT2D eigenvalue weighted by Gasteiger charge is -2.08. The molecule has 2 heterocycles. The monoisotopic (exact) mass is 338 g/mol. The summed E-state index contributed by atoms with van der Waals surface area (Å²) in [5, 5.41) is 10.6. The Balaban J connectivity index is 1.82. The molecule has 0 bridgehead atoms. The number of carbonyl (C=O) groups excluding carboxylic acids is 1. The van der Waals surface area contributed by atoms with Crippen molar-refractivity contribution in [1.82, 2.24) is 14.9 Å². The van der Waals surface area contributed by atoms with E-state index in [-0.39, 0.29) is 12.1 Å². The number of hydrogen-bond acceptors (Lipinski definition) is 5. The van der Waals surface area contributed by atoms with Crippen LogP contribution < -0.4 is 10.9 Å². The van der Waals surface area contributed by atoms with Crippen LogP contribution in [0.4, 0.5) is 5.82 Å². The van der Waals surface area contributed by atoms with Crippen LogP contribution in [-0.2, 0) is 11.3 Å². The van der Waals surface area contributed by atoms with Gasteiger partial charge in [0.25, 0.3) is 5.56 Å². The molecule has 1 N–H and O–H groups in total. The molecule has 0 unspecified atom stereocenters. The third-order valence-corrected chi connectivity index (χ3v) is 3.86. The second kappa shape index (κ2) is 6.72. The zero-order valence-corrected chi connectivity index (χ0v) is 14.2. The molecule has 0 saturated heterocycles. The molecular formula is C18H18N4O3. The quantitative estimate of drug-likeness (QED) is 0.789. The normalized spacial score (nSPS) is 10.7. The SMILES string of the molecule is Cc1cc(NC(=O)Cn2nc(-c3ccc(C)c(C)c3)ccc2=O)no1. The van der Waals surface area contributed by atoms with Crippen molar-refractivity contribution in [2.24, 2.45) is 0 Å². The first kappa shape index (κ1) is 16.6. The van der Waals surface area contributed by atoms with Crippen molar-refractivity contribution >= 4 is 11.7 Å². The molecule has 7 heteroatoms. The van der Waals surface area contributed by atoms with E-state index >= 15 is 0 Å². The minimum absolute atomic E-state index is 0.205. The molecule has 3 aromatic rings. The molecule has 0 radical (unpaired) electrons. The summed E-state index contributed by atoms with van der Waals surface area (Å²) >= 11 is 0. The average molecular weight is 338 g/mol. The summed E-state index contributed by atoms with van der Waals surface area (Å²) in [6.45, 7) is 5.57. The number of nitrogens with one attached hydrogen (secondary N) is 1. The Labute approximate surface area is 144 Å². The summed E-state index contributed by atoms with van der Waals surface area (Å²) in [6, 6.07) is 10.6. The molecule has 1 aromatic carbocycles. The van der Waals surface area contributed by atoms with Crippen LogP contribution in [0.1, 0.15) is 16.9 Å². The Bertz CT molecular complexity index is 988. The average Bonchev–Trinajstić information content (AvgIpc) is 2.97. The van der Waals surface area contributed by atoms with Crippen molar-refractivity contribution in [3.8, 4) is 11.3 Å². The highest BCUT2D eigenvalue weighted by molar-refractivity contribution is 5.89. The second-order valence-electron chi connectivity index (χ2n) is 5.88. The van der Waals surface area contributed by atoms with E-state index in [0.29, 0.717) is 17.3 Å². The van der Waals surface area contributed by atoms with Gasteiger partial charge >= 0.3 is 0 Å². The number of nitrogens with zero attached hydrogens (tertiary/aromatic N) is 3. The molecule has 25 heavy (non-hydrogen) atoms. The van der Waals surface area contributed by atoms with Gasteiger partial charge in [-0.3, -0.25) is 9.59 Å². The van der Waals surface area contributed by atoms with Crippen LogP contribution in [0.3, 0.4) is 0 Å². The fourth-order valence-corrected chi connectivity index (χ4v) is 2.36. The highest BCUT2D eigenvalue weighted by Gasteiger charge is 2.10. The van der Waals surface area contributed by atoms with Gasteiger partial charge < -0.3 is 9.84 Å².